The summed E-state index contributed by atoms with van der Waals surface area (Å²) in [6.07, 6.45) is 4.89. The topological polar surface area (TPSA) is 63.4 Å². The first-order chi connectivity index (χ1) is 6.59. The lowest BCUT2D eigenvalue weighted by molar-refractivity contribution is 0.429. The fraction of sp³-hybridized carbons (Fsp3) is 1.00. The average molecular weight is 220 g/mol. The zero-order valence-electron chi connectivity index (χ0n) is 8.78. The van der Waals surface area contributed by atoms with Gasteiger partial charge < -0.3 is 5.73 Å². The predicted molar refractivity (Wildman–Crippen MR) is 57.5 cm³/mol. The number of rotatable bonds is 4. The summed E-state index contributed by atoms with van der Waals surface area (Å²) < 4.78 is 25.3. The van der Waals surface area contributed by atoms with Crippen molar-refractivity contribution < 1.29 is 8.42 Å². The Labute approximate surface area is 86.5 Å². The normalized spacial score (nSPS) is 20.2. The van der Waals surface area contributed by atoms with Gasteiger partial charge in [-0.2, -0.15) is 0 Å². The molecule has 5 heteroatoms. The van der Waals surface area contributed by atoms with Crippen LogP contribution in [0.2, 0.25) is 0 Å². The van der Waals surface area contributed by atoms with Gasteiger partial charge in [0, 0.05) is 20.1 Å². The largest absolute Gasteiger partial charge is 0.329 e. The highest BCUT2D eigenvalue weighted by Crippen LogP contribution is 2.25. The molecule has 0 heterocycles. The molecule has 4 nitrogen and oxygen atoms in total. The van der Waals surface area contributed by atoms with E-state index in [1.165, 1.54) is 10.7 Å². The van der Waals surface area contributed by atoms with E-state index in [1.54, 1.807) is 7.05 Å². The van der Waals surface area contributed by atoms with Gasteiger partial charge in [0.1, 0.15) is 0 Å². The second-order valence-corrected chi connectivity index (χ2v) is 6.24. The molecule has 14 heavy (non-hydrogen) atoms. The van der Waals surface area contributed by atoms with Crippen molar-refractivity contribution in [3.05, 3.63) is 0 Å². The average Bonchev–Trinajstić information content (AvgIpc) is 2.19. The zero-order chi connectivity index (χ0) is 10.6. The first-order valence-corrected chi connectivity index (χ1v) is 6.74. The van der Waals surface area contributed by atoms with E-state index in [0.717, 1.165) is 25.7 Å². The Kier molecular flexibility index (Phi) is 4.34. The lowest BCUT2D eigenvalue weighted by Crippen LogP contribution is -2.39. The Hall–Kier alpha value is -0.130. The van der Waals surface area contributed by atoms with Crippen molar-refractivity contribution in [2.75, 3.05) is 20.1 Å². The summed E-state index contributed by atoms with van der Waals surface area (Å²) in [5.41, 5.74) is 5.35. The molecule has 84 valence electrons. The van der Waals surface area contributed by atoms with E-state index in [1.807, 2.05) is 0 Å². The Balaban J connectivity index is 2.62. The van der Waals surface area contributed by atoms with Crippen LogP contribution in [0, 0.1) is 0 Å². The highest BCUT2D eigenvalue weighted by molar-refractivity contribution is 7.89. The van der Waals surface area contributed by atoms with Crippen molar-refractivity contribution in [2.45, 2.75) is 37.4 Å². The number of nitrogens with two attached hydrogens (primary N) is 1. The highest BCUT2D eigenvalue weighted by atomic mass is 32.2. The standard InChI is InChI=1S/C9H20N2O2S/c1-11(8-7-10)14(12,13)9-5-3-2-4-6-9/h9H,2-8,10H2,1H3. The Morgan fingerprint density at radius 2 is 1.86 bits per heavy atom. The van der Waals surface area contributed by atoms with Gasteiger partial charge in [0.25, 0.3) is 0 Å². The lowest BCUT2D eigenvalue weighted by atomic mass is 10.0. The van der Waals surface area contributed by atoms with E-state index in [-0.39, 0.29) is 5.25 Å². The predicted octanol–water partition coefficient (Wildman–Crippen LogP) is 0.539. The van der Waals surface area contributed by atoms with E-state index in [2.05, 4.69) is 0 Å². The molecule has 0 spiro atoms. The minimum atomic E-state index is -3.07. The third kappa shape index (κ3) is 2.68. The summed E-state index contributed by atoms with van der Waals surface area (Å²) in [4.78, 5) is 0. The Morgan fingerprint density at radius 1 is 1.29 bits per heavy atom. The molecule has 1 rings (SSSR count). The van der Waals surface area contributed by atoms with Gasteiger partial charge in [-0.05, 0) is 12.8 Å². The molecule has 0 radical (unpaired) electrons. The molecule has 0 bridgehead atoms. The summed E-state index contributed by atoms with van der Waals surface area (Å²) in [7, 11) is -1.45. The minimum Gasteiger partial charge on any atom is -0.329 e. The molecular weight excluding hydrogens is 200 g/mol. The number of hydrogen-bond donors (Lipinski definition) is 1. The Morgan fingerprint density at radius 3 is 2.36 bits per heavy atom. The highest BCUT2D eigenvalue weighted by Gasteiger charge is 2.30. The molecular formula is C9H20N2O2S. The van der Waals surface area contributed by atoms with Crippen LogP contribution in [0.4, 0.5) is 0 Å². The van der Waals surface area contributed by atoms with Crippen molar-refractivity contribution in [3.8, 4) is 0 Å². The summed E-state index contributed by atoms with van der Waals surface area (Å²) in [5.74, 6) is 0. The van der Waals surface area contributed by atoms with Crippen LogP contribution in [0.5, 0.6) is 0 Å². The van der Waals surface area contributed by atoms with Crippen LogP contribution in [0.3, 0.4) is 0 Å². The van der Waals surface area contributed by atoms with Gasteiger partial charge in [0.2, 0.25) is 10.0 Å². The quantitative estimate of drug-likeness (QED) is 0.752. The molecule has 1 fully saturated rings. The van der Waals surface area contributed by atoms with E-state index < -0.39 is 10.0 Å². The van der Waals surface area contributed by atoms with Gasteiger partial charge in [-0.3, -0.25) is 0 Å². The molecule has 0 atom stereocenters. The Bertz CT molecular complexity index is 258. The molecule has 2 N–H and O–H groups in total. The minimum absolute atomic E-state index is 0.159. The number of likely N-dealkylation sites (N-methyl/N-ethyl adjacent to an activating group) is 1. The van der Waals surface area contributed by atoms with E-state index in [0.29, 0.717) is 13.1 Å². The second kappa shape index (κ2) is 5.09. The van der Waals surface area contributed by atoms with E-state index >= 15 is 0 Å². The van der Waals surface area contributed by atoms with Crippen LogP contribution in [-0.2, 0) is 10.0 Å². The second-order valence-electron chi connectivity index (χ2n) is 3.92. The first kappa shape index (κ1) is 11.9. The summed E-state index contributed by atoms with van der Waals surface area (Å²) >= 11 is 0. The van der Waals surface area contributed by atoms with Gasteiger partial charge in [0.05, 0.1) is 5.25 Å². The van der Waals surface area contributed by atoms with Crippen molar-refractivity contribution >= 4 is 10.0 Å². The number of hydrogen-bond acceptors (Lipinski definition) is 3. The fourth-order valence-corrected chi connectivity index (χ4v) is 3.72. The maximum absolute atomic E-state index is 11.9. The molecule has 0 aromatic heterocycles. The molecule has 0 saturated heterocycles. The van der Waals surface area contributed by atoms with Crippen LogP contribution in [-0.4, -0.2) is 38.1 Å². The third-order valence-electron chi connectivity index (χ3n) is 2.85. The summed E-state index contributed by atoms with van der Waals surface area (Å²) in [6.45, 7) is 0.821. The van der Waals surface area contributed by atoms with Gasteiger partial charge in [-0.15, -0.1) is 0 Å². The third-order valence-corrected chi connectivity index (χ3v) is 5.22. The van der Waals surface area contributed by atoms with Gasteiger partial charge in [-0.25, -0.2) is 12.7 Å². The monoisotopic (exact) mass is 220 g/mol. The van der Waals surface area contributed by atoms with Gasteiger partial charge in [-0.1, -0.05) is 19.3 Å². The maximum atomic E-state index is 11.9. The van der Waals surface area contributed by atoms with Crippen LogP contribution in [0.25, 0.3) is 0 Å². The van der Waals surface area contributed by atoms with Crippen molar-refractivity contribution in [1.82, 2.24) is 4.31 Å². The smallest absolute Gasteiger partial charge is 0.216 e. The molecule has 1 aliphatic carbocycles. The van der Waals surface area contributed by atoms with Gasteiger partial charge in [0.15, 0.2) is 0 Å². The molecule has 0 aromatic carbocycles. The summed E-state index contributed by atoms with van der Waals surface area (Å²) in [5, 5.41) is -0.159. The molecule has 0 unspecified atom stereocenters. The van der Waals surface area contributed by atoms with Crippen molar-refractivity contribution in [3.63, 3.8) is 0 Å². The van der Waals surface area contributed by atoms with Crippen LogP contribution in [0.15, 0.2) is 0 Å². The van der Waals surface area contributed by atoms with E-state index in [4.69, 9.17) is 5.73 Å². The summed E-state index contributed by atoms with van der Waals surface area (Å²) in [6, 6.07) is 0. The first-order valence-electron chi connectivity index (χ1n) is 5.24. The van der Waals surface area contributed by atoms with Crippen LogP contribution in [0.1, 0.15) is 32.1 Å². The molecule has 1 saturated carbocycles. The number of sulfonamides is 1. The van der Waals surface area contributed by atoms with Gasteiger partial charge >= 0.3 is 0 Å². The maximum Gasteiger partial charge on any atom is 0.216 e. The molecule has 1 aliphatic rings. The fourth-order valence-electron chi connectivity index (χ4n) is 1.93. The van der Waals surface area contributed by atoms with Crippen LogP contribution < -0.4 is 5.73 Å². The van der Waals surface area contributed by atoms with Crippen LogP contribution >= 0.6 is 0 Å². The zero-order valence-corrected chi connectivity index (χ0v) is 9.59. The van der Waals surface area contributed by atoms with Crippen molar-refractivity contribution in [2.24, 2.45) is 5.73 Å². The SMILES string of the molecule is CN(CCN)S(=O)(=O)C1CCCCC1. The van der Waals surface area contributed by atoms with E-state index in [9.17, 15) is 8.42 Å². The molecule has 0 aromatic rings. The molecule has 0 aliphatic heterocycles. The lowest BCUT2D eigenvalue weighted by Gasteiger charge is -2.26. The number of nitrogens with zero attached hydrogens (tertiary/aromatic N) is 1. The van der Waals surface area contributed by atoms with Crippen molar-refractivity contribution in [1.29, 1.82) is 0 Å². The molecule has 0 amide bonds.